The van der Waals surface area contributed by atoms with E-state index in [9.17, 15) is 9.59 Å². The minimum Gasteiger partial charge on any atom is -0.301 e. The molecule has 1 N–H and O–H groups in total. The lowest BCUT2D eigenvalue weighted by Gasteiger charge is -2.40. The van der Waals surface area contributed by atoms with Crippen LogP contribution < -0.4 is 5.32 Å². The Hall–Kier alpha value is -2.01. The molecule has 22 heavy (non-hydrogen) atoms. The van der Waals surface area contributed by atoms with Crippen molar-refractivity contribution in [3.63, 3.8) is 0 Å². The van der Waals surface area contributed by atoms with Gasteiger partial charge in [-0.2, -0.15) is 0 Å². The van der Waals surface area contributed by atoms with Gasteiger partial charge >= 0.3 is 0 Å². The van der Waals surface area contributed by atoms with Crippen molar-refractivity contribution in [2.24, 2.45) is 0 Å². The predicted molar refractivity (Wildman–Crippen MR) is 87.5 cm³/mol. The summed E-state index contributed by atoms with van der Waals surface area (Å²) in [6.45, 7) is 3.31. The van der Waals surface area contributed by atoms with Crippen LogP contribution in [0.1, 0.15) is 47.1 Å². The zero-order valence-corrected chi connectivity index (χ0v) is 13.5. The van der Waals surface area contributed by atoms with Crippen molar-refractivity contribution in [3.8, 4) is 0 Å². The molecule has 0 bridgehead atoms. The molecule has 1 amide bonds. The lowest BCUT2D eigenvalue weighted by Crippen LogP contribution is -2.45. The molecule has 0 saturated heterocycles. The van der Waals surface area contributed by atoms with Crippen molar-refractivity contribution < 1.29 is 9.59 Å². The van der Waals surface area contributed by atoms with E-state index in [1.54, 1.807) is 6.92 Å². The number of carbonyl (C=O) groups excluding carboxylic acids is 2. The monoisotopic (exact) mass is 314 g/mol. The zero-order valence-electron chi connectivity index (χ0n) is 12.7. The highest BCUT2D eigenvalue weighted by Crippen LogP contribution is 2.44. The standard InChI is InChI=1S/C17H18N2O2S/c1-11-14(12(2)20)22-16(18-11)19-15(21)17(9-6-10-17)13-7-4-3-5-8-13/h3-5,7-8H,6,9-10H2,1-2H3,(H,18,19,21). The molecule has 0 spiro atoms. The molecule has 4 nitrogen and oxygen atoms in total. The first kappa shape index (κ1) is 14.9. The summed E-state index contributed by atoms with van der Waals surface area (Å²) < 4.78 is 0. The van der Waals surface area contributed by atoms with E-state index in [1.165, 1.54) is 18.3 Å². The van der Waals surface area contributed by atoms with Gasteiger partial charge in [-0.15, -0.1) is 0 Å². The number of aromatic nitrogens is 1. The van der Waals surface area contributed by atoms with E-state index in [-0.39, 0.29) is 11.7 Å². The second-order valence-corrected chi connectivity index (χ2v) is 6.74. The molecule has 0 radical (unpaired) electrons. The highest BCUT2D eigenvalue weighted by atomic mass is 32.1. The number of nitrogens with one attached hydrogen (secondary N) is 1. The maximum atomic E-state index is 12.8. The molecular formula is C17H18N2O2S. The number of Topliss-reactive ketones (excluding diaryl/α,β-unsaturated/α-hetero) is 1. The predicted octanol–water partition coefficient (Wildman–Crippen LogP) is 3.71. The Kier molecular flexibility index (Phi) is 3.83. The van der Waals surface area contributed by atoms with Crippen molar-refractivity contribution in [2.45, 2.75) is 38.5 Å². The lowest BCUT2D eigenvalue weighted by molar-refractivity contribution is -0.124. The van der Waals surface area contributed by atoms with Crippen LogP contribution in [0.5, 0.6) is 0 Å². The van der Waals surface area contributed by atoms with Gasteiger partial charge in [0.1, 0.15) is 0 Å². The Morgan fingerprint density at radius 1 is 1.23 bits per heavy atom. The third-order valence-corrected chi connectivity index (χ3v) is 5.48. The molecule has 0 atom stereocenters. The van der Waals surface area contributed by atoms with Crippen LogP contribution in [-0.2, 0) is 10.2 Å². The van der Waals surface area contributed by atoms with Gasteiger partial charge in [0.2, 0.25) is 5.91 Å². The van der Waals surface area contributed by atoms with Crippen LogP contribution in [0.3, 0.4) is 0 Å². The van der Waals surface area contributed by atoms with Gasteiger partial charge in [0.15, 0.2) is 10.9 Å². The molecule has 1 heterocycles. The number of thiazole rings is 1. The van der Waals surface area contributed by atoms with Crippen LogP contribution in [0.2, 0.25) is 0 Å². The summed E-state index contributed by atoms with van der Waals surface area (Å²) >= 11 is 1.25. The van der Waals surface area contributed by atoms with Gasteiger partial charge in [-0.05, 0) is 25.3 Å². The molecule has 3 rings (SSSR count). The van der Waals surface area contributed by atoms with E-state index in [0.29, 0.717) is 15.7 Å². The zero-order chi connectivity index (χ0) is 15.7. The number of benzene rings is 1. The molecule has 2 aromatic rings. The minimum absolute atomic E-state index is 0.0167. The van der Waals surface area contributed by atoms with E-state index < -0.39 is 5.41 Å². The van der Waals surface area contributed by atoms with E-state index in [2.05, 4.69) is 10.3 Å². The summed E-state index contributed by atoms with van der Waals surface area (Å²) in [5.41, 5.74) is 1.28. The van der Waals surface area contributed by atoms with Crippen molar-refractivity contribution in [1.29, 1.82) is 0 Å². The van der Waals surface area contributed by atoms with Gasteiger partial charge in [0.25, 0.3) is 0 Å². The number of aryl methyl sites for hydroxylation is 1. The topological polar surface area (TPSA) is 59.1 Å². The molecular weight excluding hydrogens is 296 g/mol. The number of rotatable bonds is 4. The fourth-order valence-electron chi connectivity index (χ4n) is 2.93. The Morgan fingerprint density at radius 3 is 2.41 bits per heavy atom. The third-order valence-electron chi connectivity index (χ3n) is 4.30. The van der Waals surface area contributed by atoms with Crippen molar-refractivity contribution >= 4 is 28.2 Å². The molecule has 1 aromatic carbocycles. The number of carbonyl (C=O) groups is 2. The molecule has 1 aromatic heterocycles. The number of hydrogen-bond acceptors (Lipinski definition) is 4. The quantitative estimate of drug-likeness (QED) is 0.875. The van der Waals surface area contributed by atoms with E-state index >= 15 is 0 Å². The number of anilines is 1. The second-order valence-electron chi connectivity index (χ2n) is 5.75. The van der Waals surface area contributed by atoms with E-state index in [1.807, 2.05) is 30.3 Å². The molecule has 1 saturated carbocycles. The first-order chi connectivity index (χ1) is 10.5. The summed E-state index contributed by atoms with van der Waals surface area (Å²) in [7, 11) is 0. The van der Waals surface area contributed by atoms with Crippen LogP contribution in [0.25, 0.3) is 0 Å². The molecule has 0 unspecified atom stereocenters. The molecule has 1 aliphatic carbocycles. The van der Waals surface area contributed by atoms with Gasteiger partial charge in [0.05, 0.1) is 16.0 Å². The first-order valence-corrected chi connectivity index (χ1v) is 8.20. The normalized spacial score (nSPS) is 15.9. The molecule has 1 fully saturated rings. The summed E-state index contributed by atoms with van der Waals surface area (Å²) in [5, 5.41) is 3.42. The van der Waals surface area contributed by atoms with Gasteiger partial charge in [-0.25, -0.2) is 4.98 Å². The molecule has 5 heteroatoms. The van der Waals surface area contributed by atoms with Crippen molar-refractivity contribution in [2.75, 3.05) is 5.32 Å². The average Bonchev–Trinajstić information content (AvgIpc) is 2.79. The van der Waals surface area contributed by atoms with Crippen LogP contribution in [0.4, 0.5) is 5.13 Å². The molecule has 1 aliphatic rings. The Labute approximate surface area is 133 Å². The Balaban J connectivity index is 1.84. The first-order valence-electron chi connectivity index (χ1n) is 7.38. The maximum Gasteiger partial charge on any atom is 0.236 e. The minimum atomic E-state index is -0.447. The van der Waals surface area contributed by atoms with E-state index in [4.69, 9.17) is 0 Å². The Morgan fingerprint density at radius 2 is 1.91 bits per heavy atom. The van der Waals surface area contributed by atoms with Gasteiger partial charge < -0.3 is 5.32 Å². The van der Waals surface area contributed by atoms with Crippen LogP contribution >= 0.6 is 11.3 Å². The fourth-order valence-corrected chi connectivity index (χ4v) is 3.78. The van der Waals surface area contributed by atoms with Crippen molar-refractivity contribution in [1.82, 2.24) is 4.98 Å². The second kappa shape index (κ2) is 5.65. The third kappa shape index (κ3) is 2.46. The number of hydrogen-bond donors (Lipinski definition) is 1. The van der Waals surface area contributed by atoms with E-state index in [0.717, 1.165) is 24.8 Å². The fraction of sp³-hybridized carbons (Fsp3) is 0.353. The Bertz CT molecular complexity index is 718. The van der Waals surface area contributed by atoms with Crippen LogP contribution in [0.15, 0.2) is 30.3 Å². The van der Waals surface area contributed by atoms with Gasteiger partial charge in [-0.1, -0.05) is 48.1 Å². The summed E-state index contributed by atoms with van der Waals surface area (Å²) in [6.07, 6.45) is 2.76. The van der Waals surface area contributed by atoms with Gasteiger partial charge in [-0.3, -0.25) is 9.59 Å². The van der Waals surface area contributed by atoms with Crippen LogP contribution in [-0.4, -0.2) is 16.7 Å². The number of nitrogens with zero attached hydrogens (tertiary/aromatic N) is 1. The summed E-state index contributed by atoms with van der Waals surface area (Å²) in [5.74, 6) is -0.0364. The maximum absolute atomic E-state index is 12.8. The number of amides is 1. The smallest absolute Gasteiger partial charge is 0.236 e. The van der Waals surface area contributed by atoms with Gasteiger partial charge in [0, 0.05) is 6.92 Å². The summed E-state index contributed by atoms with van der Waals surface area (Å²) in [6, 6.07) is 9.89. The molecule has 0 aliphatic heterocycles. The average molecular weight is 314 g/mol. The SMILES string of the molecule is CC(=O)c1sc(NC(=O)C2(c3ccccc3)CCC2)nc1C. The largest absolute Gasteiger partial charge is 0.301 e. The number of ketones is 1. The van der Waals surface area contributed by atoms with Crippen molar-refractivity contribution in [3.05, 3.63) is 46.5 Å². The highest BCUT2D eigenvalue weighted by Gasteiger charge is 2.45. The molecule has 114 valence electrons. The summed E-state index contributed by atoms with van der Waals surface area (Å²) in [4.78, 5) is 29.2. The van der Waals surface area contributed by atoms with Crippen LogP contribution in [0, 0.1) is 6.92 Å². The highest BCUT2D eigenvalue weighted by molar-refractivity contribution is 7.17. The lowest BCUT2D eigenvalue weighted by atomic mass is 9.64.